The lowest BCUT2D eigenvalue weighted by molar-refractivity contribution is 0.769. The third kappa shape index (κ3) is 2.21. The Hall–Kier alpha value is -3.48. The second-order valence-electron chi connectivity index (χ2n) is 6.39. The molecule has 0 spiro atoms. The number of pyridine rings is 1. The predicted octanol–water partition coefficient (Wildman–Crippen LogP) is 3.41. The average molecular weight is 343 g/mol. The van der Waals surface area contributed by atoms with E-state index in [0.29, 0.717) is 0 Å². The van der Waals surface area contributed by atoms with Gasteiger partial charge in [0.2, 0.25) is 0 Å². The Morgan fingerprint density at radius 2 is 1.85 bits per heavy atom. The van der Waals surface area contributed by atoms with Crippen LogP contribution in [-0.4, -0.2) is 29.2 Å². The molecule has 0 radical (unpaired) electrons. The average Bonchev–Trinajstić information content (AvgIpc) is 3.25. The Bertz CT molecular complexity index is 1250. The van der Waals surface area contributed by atoms with Crippen LogP contribution in [0.3, 0.4) is 0 Å². The fraction of sp³-hybridized carbons (Fsp3) is 0.158. The summed E-state index contributed by atoms with van der Waals surface area (Å²) in [6.07, 6.45) is 1.97. The van der Waals surface area contributed by atoms with E-state index in [-0.39, 0.29) is 6.04 Å². The van der Waals surface area contributed by atoms with Gasteiger partial charge in [-0.2, -0.15) is 5.10 Å². The fourth-order valence-electron chi connectivity index (χ4n) is 3.31. The van der Waals surface area contributed by atoms with Crippen LogP contribution in [0.2, 0.25) is 0 Å². The Morgan fingerprint density at radius 3 is 2.77 bits per heavy atom. The van der Waals surface area contributed by atoms with E-state index in [1.807, 2.05) is 58.4 Å². The van der Waals surface area contributed by atoms with Crippen molar-refractivity contribution in [3.63, 3.8) is 0 Å². The first-order valence-corrected chi connectivity index (χ1v) is 8.52. The molecule has 0 saturated carbocycles. The van der Waals surface area contributed by atoms with E-state index in [2.05, 4.69) is 39.7 Å². The Kier molecular flexibility index (Phi) is 3.15. The molecular weight excluding hydrogens is 326 g/mol. The molecule has 1 unspecified atom stereocenters. The van der Waals surface area contributed by atoms with Crippen molar-refractivity contribution in [2.24, 2.45) is 0 Å². The molecule has 7 nitrogen and oxygen atoms in total. The Balaban J connectivity index is 1.64. The van der Waals surface area contributed by atoms with E-state index in [1.165, 1.54) is 0 Å². The number of aromatic nitrogens is 6. The summed E-state index contributed by atoms with van der Waals surface area (Å²) >= 11 is 0. The van der Waals surface area contributed by atoms with Gasteiger partial charge >= 0.3 is 0 Å². The predicted molar refractivity (Wildman–Crippen MR) is 100 cm³/mol. The van der Waals surface area contributed by atoms with E-state index < -0.39 is 0 Å². The van der Waals surface area contributed by atoms with Crippen LogP contribution < -0.4 is 5.32 Å². The monoisotopic (exact) mass is 343 g/mol. The first kappa shape index (κ1) is 14.8. The quantitative estimate of drug-likeness (QED) is 0.543. The standard InChI is InChI=1S/C19H17N7/c1-12-11-17-21-18(14-7-3-4-8-15(14)26(17)24-12)20-13(2)19-23-22-16-9-5-6-10-25(16)19/h3-11,13H,1-2H3,(H,20,21). The highest BCUT2D eigenvalue weighted by atomic mass is 15.3. The zero-order valence-electron chi connectivity index (χ0n) is 14.5. The van der Waals surface area contributed by atoms with E-state index >= 15 is 0 Å². The van der Waals surface area contributed by atoms with Gasteiger partial charge in [0.25, 0.3) is 0 Å². The Morgan fingerprint density at radius 1 is 1.00 bits per heavy atom. The number of para-hydroxylation sites is 1. The number of anilines is 1. The highest BCUT2D eigenvalue weighted by Crippen LogP contribution is 2.26. The second-order valence-corrected chi connectivity index (χ2v) is 6.39. The van der Waals surface area contributed by atoms with Crippen molar-refractivity contribution in [3.8, 4) is 0 Å². The minimum Gasteiger partial charge on any atom is -0.360 e. The summed E-state index contributed by atoms with van der Waals surface area (Å²) in [5, 5.41) is 17.7. The molecule has 5 aromatic rings. The topological polar surface area (TPSA) is 72.4 Å². The van der Waals surface area contributed by atoms with Crippen molar-refractivity contribution >= 4 is 28.0 Å². The number of benzene rings is 1. The summed E-state index contributed by atoms with van der Waals surface area (Å²) in [5.74, 6) is 1.66. The molecule has 0 fully saturated rings. The number of fused-ring (bicyclic) bond motifs is 4. The summed E-state index contributed by atoms with van der Waals surface area (Å²) in [5.41, 5.74) is 3.61. The SMILES string of the molecule is Cc1cc2nc(NC(C)c3nnc4ccccn34)c3ccccc3n2n1. The highest BCUT2D eigenvalue weighted by molar-refractivity contribution is 5.91. The van der Waals surface area contributed by atoms with E-state index in [1.54, 1.807) is 0 Å². The number of nitrogens with zero attached hydrogens (tertiary/aromatic N) is 6. The van der Waals surface area contributed by atoms with Crippen LogP contribution in [0.15, 0.2) is 54.7 Å². The van der Waals surface area contributed by atoms with E-state index in [9.17, 15) is 0 Å². The highest BCUT2D eigenvalue weighted by Gasteiger charge is 2.16. The smallest absolute Gasteiger partial charge is 0.160 e. The molecule has 1 aromatic carbocycles. The summed E-state index contributed by atoms with van der Waals surface area (Å²) in [6, 6.07) is 15.9. The molecular formula is C19H17N7. The van der Waals surface area contributed by atoms with Crippen LogP contribution in [0.1, 0.15) is 24.5 Å². The largest absolute Gasteiger partial charge is 0.360 e. The van der Waals surface area contributed by atoms with Gasteiger partial charge in [0.1, 0.15) is 5.82 Å². The van der Waals surface area contributed by atoms with Gasteiger partial charge in [-0.15, -0.1) is 10.2 Å². The molecule has 128 valence electrons. The first-order chi connectivity index (χ1) is 12.7. The number of hydrogen-bond donors (Lipinski definition) is 1. The molecule has 7 heteroatoms. The van der Waals surface area contributed by atoms with Gasteiger partial charge in [0, 0.05) is 17.6 Å². The zero-order chi connectivity index (χ0) is 17.7. The third-order valence-electron chi connectivity index (χ3n) is 4.51. The van der Waals surface area contributed by atoms with Gasteiger partial charge in [0.05, 0.1) is 17.3 Å². The first-order valence-electron chi connectivity index (χ1n) is 8.52. The third-order valence-corrected chi connectivity index (χ3v) is 4.51. The van der Waals surface area contributed by atoms with Gasteiger partial charge < -0.3 is 5.32 Å². The lowest BCUT2D eigenvalue weighted by Crippen LogP contribution is -2.12. The van der Waals surface area contributed by atoms with Gasteiger partial charge in [-0.25, -0.2) is 9.50 Å². The van der Waals surface area contributed by atoms with Gasteiger partial charge in [-0.3, -0.25) is 4.40 Å². The second kappa shape index (κ2) is 5.52. The van der Waals surface area contributed by atoms with Crippen LogP contribution in [0.25, 0.3) is 22.2 Å². The minimum absolute atomic E-state index is 0.0604. The maximum atomic E-state index is 4.79. The van der Waals surface area contributed by atoms with Crippen molar-refractivity contribution in [1.29, 1.82) is 0 Å². The summed E-state index contributed by atoms with van der Waals surface area (Å²) < 4.78 is 3.87. The molecule has 1 N–H and O–H groups in total. The molecule has 4 heterocycles. The zero-order valence-corrected chi connectivity index (χ0v) is 14.5. The molecule has 0 bridgehead atoms. The number of nitrogens with one attached hydrogen (secondary N) is 1. The van der Waals surface area contributed by atoms with Crippen LogP contribution in [0.5, 0.6) is 0 Å². The lowest BCUT2D eigenvalue weighted by Gasteiger charge is -2.15. The van der Waals surface area contributed by atoms with Crippen molar-refractivity contribution in [2.75, 3.05) is 5.32 Å². The molecule has 0 aliphatic heterocycles. The normalized spacial score (nSPS) is 12.8. The molecule has 0 saturated heterocycles. The maximum Gasteiger partial charge on any atom is 0.160 e. The molecule has 26 heavy (non-hydrogen) atoms. The summed E-state index contributed by atoms with van der Waals surface area (Å²) in [6.45, 7) is 4.03. The summed E-state index contributed by atoms with van der Waals surface area (Å²) in [7, 11) is 0. The van der Waals surface area contributed by atoms with E-state index in [4.69, 9.17) is 4.98 Å². The molecule has 5 rings (SSSR count). The lowest BCUT2D eigenvalue weighted by atomic mass is 10.2. The summed E-state index contributed by atoms with van der Waals surface area (Å²) in [4.78, 5) is 4.79. The van der Waals surface area contributed by atoms with Gasteiger partial charge in [-0.1, -0.05) is 18.2 Å². The van der Waals surface area contributed by atoms with Crippen LogP contribution in [-0.2, 0) is 0 Å². The number of aryl methyl sites for hydroxylation is 1. The van der Waals surface area contributed by atoms with Crippen molar-refractivity contribution in [3.05, 3.63) is 66.2 Å². The number of rotatable bonds is 3. The van der Waals surface area contributed by atoms with E-state index in [0.717, 1.165) is 39.5 Å². The van der Waals surface area contributed by atoms with Gasteiger partial charge in [-0.05, 0) is 38.1 Å². The van der Waals surface area contributed by atoms with Crippen LogP contribution in [0, 0.1) is 6.92 Å². The molecule has 0 aliphatic carbocycles. The minimum atomic E-state index is -0.0604. The Labute approximate surface area is 149 Å². The van der Waals surface area contributed by atoms with Crippen molar-refractivity contribution in [2.45, 2.75) is 19.9 Å². The molecule has 0 amide bonds. The maximum absolute atomic E-state index is 4.79. The van der Waals surface area contributed by atoms with Crippen molar-refractivity contribution in [1.82, 2.24) is 29.2 Å². The van der Waals surface area contributed by atoms with Crippen LogP contribution in [0.4, 0.5) is 5.82 Å². The van der Waals surface area contributed by atoms with Crippen molar-refractivity contribution < 1.29 is 0 Å². The number of hydrogen-bond acceptors (Lipinski definition) is 5. The molecule has 0 aliphatic rings. The molecule has 1 atom stereocenters. The fourth-order valence-corrected chi connectivity index (χ4v) is 3.31. The van der Waals surface area contributed by atoms with Crippen LogP contribution >= 0.6 is 0 Å². The molecule has 4 aromatic heterocycles. The van der Waals surface area contributed by atoms with Gasteiger partial charge in [0.15, 0.2) is 17.1 Å².